The lowest BCUT2D eigenvalue weighted by Gasteiger charge is -2.06. The standard InChI is InChI=1S/C17H26O5/c18-15(6-4-13-8-10-21-12-13)2-1-3-16(19)7-5-14-9-11-22-17(14)20/h13-14H,1-12H2. The molecule has 124 valence electrons. The van der Waals surface area contributed by atoms with E-state index in [9.17, 15) is 14.4 Å². The van der Waals surface area contributed by atoms with Gasteiger partial charge in [0, 0.05) is 38.9 Å². The van der Waals surface area contributed by atoms with Crippen LogP contribution in [-0.2, 0) is 23.9 Å². The molecule has 0 aromatic rings. The smallest absolute Gasteiger partial charge is 0.309 e. The molecule has 0 saturated carbocycles. The van der Waals surface area contributed by atoms with E-state index in [2.05, 4.69) is 0 Å². The monoisotopic (exact) mass is 310 g/mol. The number of esters is 1. The van der Waals surface area contributed by atoms with Crippen molar-refractivity contribution in [3.05, 3.63) is 0 Å². The molecule has 5 heteroatoms. The van der Waals surface area contributed by atoms with Crippen molar-refractivity contribution in [1.82, 2.24) is 0 Å². The van der Waals surface area contributed by atoms with Gasteiger partial charge in [-0.3, -0.25) is 14.4 Å². The first-order chi connectivity index (χ1) is 10.6. The third-order valence-electron chi connectivity index (χ3n) is 4.58. The minimum atomic E-state index is -0.168. The van der Waals surface area contributed by atoms with Gasteiger partial charge in [0.1, 0.15) is 11.6 Å². The normalized spacial score (nSPS) is 24.5. The minimum Gasteiger partial charge on any atom is -0.465 e. The third-order valence-corrected chi connectivity index (χ3v) is 4.58. The highest BCUT2D eigenvalue weighted by Crippen LogP contribution is 2.21. The Morgan fingerprint density at radius 3 is 2.27 bits per heavy atom. The van der Waals surface area contributed by atoms with Crippen LogP contribution in [0.2, 0.25) is 0 Å². The number of ketones is 2. The van der Waals surface area contributed by atoms with E-state index in [0.29, 0.717) is 51.0 Å². The van der Waals surface area contributed by atoms with Gasteiger partial charge in [-0.1, -0.05) is 0 Å². The van der Waals surface area contributed by atoms with Crippen molar-refractivity contribution in [1.29, 1.82) is 0 Å². The number of carbonyl (C=O) groups is 3. The van der Waals surface area contributed by atoms with Crippen LogP contribution in [0.15, 0.2) is 0 Å². The van der Waals surface area contributed by atoms with Gasteiger partial charge in [0.2, 0.25) is 0 Å². The van der Waals surface area contributed by atoms with Crippen LogP contribution in [0.5, 0.6) is 0 Å². The molecule has 2 aliphatic heterocycles. The summed E-state index contributed by atoms with van der Waals surface area (Å²) < 4.78 is 10.2. The summed E-state index contributed by atoms with van der Waals surface area (Å²) in [6.45, 7) is 2.09. The van der Waals surface area contributed by atoms with Crippen molar-refractivity contribution in [3.8, 4) is 0 Å². The number of hydrogen-bond acceptors (Lipinski definition) is 5. The maximum atomic E-state index is 11.8. The summed E-state index contributed by atoms with van der Waals surface area (Å²) >= 11 is 0. The zero-order valence-electron chi connectivity index (χ0n) is 13.2. The molecule has 2 heterocycles. The quantitative estimate of drug-likeness (QED) is 0.580. The number of cyclic esters (lactones) is 1. The topological polar surface area (TPSA) is 69.7 Å². The summed E-state index contributed by atoms with van der Waals surface area (Å²) in [5.74, 6) is 0.672. The van der Waals surface area contributed by atoms with E-state index in [1.54, 1.807) is 0 Å². The van der Waals surface area contributed by atoms with Crippen LogP contribution < -0.4 is 0 Å². The van der Waals surface area contributed by atoms with Crippen molar-refractivity contribution in [3.63, 3.8) is 0 Å². The van der Waals surface area contributed by atoms with Crippen LogP contribution in [0.25, 0.3) is 0 Å². The summed E-state index contributed by atoms with van der Waals surface area (Å²) in [4.78, 5) is 34.8. The molecule has 0 N–H and O–H groups in total. The van der Waals surface area contributed by atoms with E-state index in [-0.39, 0.29) is 23.5 Å². The van der Waals surface area contributed by atoms with E-state index >= 15 is 0 Å². The van der Waals surface area contributed by atoms with Crippen molar-refractivity contribution < 1.29 is 23.9 Å². The van der Waals surface area contributed by atoms with Gasteiger partial charge in [-0.15, -0.1) is 0 Å². The molecule has 0 amide bonds. The first-order valence-corrected chi connectivity index (χ1v) is 8.43. The fourth-order valence-electron chi connectivity index (χ4n) is 3.04. The first-order valence-electron chi connectivity index (χ1n) is 8.43. The highest BCUT2D eigenvalue weighted by atomic mass is 16.5. The molecule has 2 fully saturated rings. The molecule has 2 aliphatic rings. The molecule has 2 rings (SSSR count). The Morgan fingerprint density at radius 2 is 1.68 bits per heavy atom. The SMILES string of the molecule is O=C(CCCC(=O)CCC1CCOC1=O)CCC1CCOC1. The average Bonchev–Trinajstić information content (AvgIpc) is 3.14. The highest BCUT2D eigenvalue weighted by Gasteiger charge is 2.26. The Bertz CT molecular complexity index is 398. The predicted molar refractivity (Wildman–Crippen MR) is 80.3 cm³/mol. The molecule has 2 atom stereocenters. The largest absolute Gasteiger partial charge is 0.465 e. The van der Waals surface area contributed by atoms with Crippen molar-refractivity contribution in [2.75, 3.05) is 19.8 Å². The molecule has 2 unspecified atom stereocenters. The fourth-order valence-corrected chi connectivity index (χ4v) is 3.04. The van der Waals surface area contributed by atoms with E-state index in [1.807, 2.05) is 0 Å². The number of carbonyl (C=O) groups excluding carboxylic acids is 3. The molecular weight excluding hydrogens is 284 g/mol. The Hall–Kier alpha value is -1.23. The van der Waals surface area contributed by atoms with E-state index < -0.39 is 0 Å². The number of ether oxygens (including phenoxy) is 2. The van der Waals surface area contributed by atoms with Gasteiger partial charge in [-0.05, 0) is 38.0 Å². The number of Topliss-reactive ketones (excluding diaryl/α,β-unsaturated/α-hetero) is 2. The Labute approximate surface area is 131 Å². The van der Waals surface area contributed by atoms with Gasteiger partial charge in [0.05, 0.1) is 12.5 Å². The zero-order chi connectivity index (χ0) is 15.8. The maximum Gasteiger partial charge on any atom is 0.309 e. The van der Waals surface area contributed by atoms with Crippen molar-refractivity contribution in [2.24, 2.45) is 11.8 Å². The van der Waals surface area contributed by atoms with Gasteiger partial charge >= 0.3 is 5.97 Å². The first kappa shape index (κ1) is 17.1. The predicted octanol–water partition coefficient (Wildman–Crippen LogP) is 2.45. The molecule has 0 radical (unpaired) electrons. The number of rotatable bonds is 10. The van der Waals surface area contributed by atoms with Crippen molar-refractivity contribution >= 4 is 17.5 Å². The van der Waals surface area contributed by atoms with Gasteiger partial charge < -0.3 is 9.47 Å². The Balaban J connectivity index is 1.48. The molecule has 22 heavy (non-hydrogen) atoms. The minimum absolute atomic E-state index is 0.0980. The zero-order valence-corrected chi connectivity index (χ0v) is 13.2. The molecule has 0 aliphatic carbocycles. The molecule has 2 saturated heterocycles. The second-order valence-electron chi connectivity index (χ2n) is 6.39. The fraction of sp³-hybridized carbons (Fsp3) is 0.824. The van der Waals surface area contributed by atoms with Crippen LogP contribution in [0.4, 0.5) is 0 Å². The lowest BCUT2D eigenvalue weighted by atomic mass is 9.97. The summed E-state index contributed by atoms with van der Waals surface area (Å²) in [6, 6.07) is 0. The van der Waals surface area contributed by atoms with E-state index in [1.165, 1.54) is 0 Å². The lowest BCUT2D eigenvalue weighted by molar-refractivity contribution is -0.141. The lowest BCUT2D eigenvalue weighted by Crippen LogP contribution is -2.10. The highest BCUT2D eigenvalue weighted by molar-refractivity contribution is 5.82. The second kappa shape index (κ2) is 9.03. The van der Waals surface area contributed by atoms with Crippen LogP contribution in [0, 0.1) is 11.8 Å². The van der Waals surface area contributed by atoms with Gasteiger partial charge in [0.25, 0.3) is 0 Å². The van der Waals surface area contributed by atoms with Crippen molar-refractivity contribution in [2.45, 2.75) is 57.8 Å². The van der Waals surface area contributed by atoms with E-state index in [0.717, 1.165) is 32.5 Å². The summed E-state index contributed by atoms with van der Waals surface area (Å²) in [5, 5.41) is 0. The summed E-state index contributed by atoms with van der Waals surface area (Å²) in [5.41, 5.74) is 0. The summed E-state index contributed by atoms with van der Waals surface area (Å²) in [6.07, 6.45) is 5.90. The van der Waals surface area contributed by atoms with Gasteiger partial charge in [-0.25, -0.2) is 0 Å². The second-order valence-corrected chi connectivity index (χ2v) is 6.39. The van der Waals surface area contributed by atoms with Gasteiger partial charge in [-0.2, -0.15) is 0 Å². The van der Waals surface area contributed by atoms with Crippen LogP contribution in [-0.4, -0.2) is 37.4 Å². The van der Waals surface area contributed by atoms with E-state index in [4.69, 9.17) is 9.47 Å². The van der Waals surface area contributed by atoms with Crippen LogP contribution >= 0.6 is 0 Å². The molecular formula is C17H26O5. The maximum absolute atomic E-state index is 11.8. The van der Waals surface area contributed by atoms with Crippen LogP contribution in [0.3, 0.4) is 0 Å². The van der Waals surface area contributed by atoms with Gasteiger partial charge in [0.15, 0.2) is 0 Å². The molecule has 0 bridgehead atoms. The third kappa shape index (κ3) is 5.87. The Kier molecular flexibility index (Phi) is 7.03. The average molecular weight is 310 g/mol. The molecule has 0 spiro atoms. The van der Waals surface area contributed by atoms with Crippen LogP contribution in [0.1, 0.15) is 57.8 Å². The molecule has 0 aromatic heterocycles. The Morgan fingerprint density at radius 1 is 0.955 bits per heavy atom. The summed E-state index contributed by atoms with van der Waals surface area (Å²) in [7, 11) is 0. The molecule has 5 nitrogen and oxygen atoms in total. The molecule has 0 aromatic carbocycles. The number of hydrogen-bond donors (Lipinski definition) is 0.